The molecule has 1 aromatic carbocycles. The molecule has 0 bridgehead atoms. The average molecular weight is 326 g/mol. The molecule has 0 radical (unpaired) electrons. The van der Waals surface area contributed by atoms with E-state index in [0.717, 1.165) is 12.5 Å². The molecule has 1 aliphatic heterocycles. The van der Waals surface area contributed by atoms with Crippen molar-refractivity contribution >= 4 is 0 Å². The number of aryl methyl sites for hydroxylation is 1. The molecule has 1 aromatic heterocycles. The van der Waals surface area contributed by atoms with Crippen molar-refractivity contribution < 1.29 is 0 Å². The minimum atomic E-state index is 0.768. The van der Waals surface area contributed by atoms with Gasteiger partial charge in [0.15, 0.2) is 0 Å². The van der Waals surface area contributed by atoms with E-state index in [1.54, 1.807) is 0 Å². The van der Waals surface area contributed by atoms with Gasteiger partial charge < -0.3 is 14.4 Å². The van der Waals surface area contributed by atoms with E-state index in [2.05, 4.69) is 78.7 Å². The van der Waals surface area contributed by atoms with Crippen LogP contribution in [-0.2, 0) is 6.42 Å². The van der Waals surface area contributed by atoms with E-state index < -0.39 is 0 Å². The first kappa shape index (κ1) is 17.2. The van der Waals surface area contributed by atoms with Crippen LogP contribution < -0.4 is 0 Å². The van der Waals surface area contributed by atoms with Gasteiger partial charge in [-0.15, -0.1) is 0 Å². The molecule has 2 heterocycles. The van der Waals surface area contributed by atoms with Crippen molar-refractivity contribution in [2.45, 2.75) is 39.2 Å². The van der Waals surface area contributed by atoms with Crippen LogP contribution in [0.1, 0.15) is 29.8 Å². The Kier molecular flexibility index (Phi) is 5.42. The van der Waals surface area contributed by atoms with Gasteiger partial charge in [-0.05, 0) is 84.1 Å². The summed E-state index contributed by atoms with van der Waals surface area (Å²) in [6, 6.07) is 13.8. The molecule has 3 nitrogen and oxygen atoms in total. The Labute approximate surface area is 146 Å². The Bertz CT molecular complexity index is 649. The maximum Gasteiger partial charge on any atom is 0.0455 e. The molecule has 1 fully saturated rings. The highest BCUT2D eigenvalue weighted by molar-refractivity contribution is 5.41. The summed E-state index contributed by atoms with van der Waals surface area (Å²) in [5, 5.41) is 0. The molecule has 3 rings (SSSR count). The van der Waals surface area contributed by atoms with Crippen LogP contribution in [0.5, 0.6) is 0 Å². The van der Waals surface area contributed by atoms with E-state index in [9.17, 15) is 0 Å². The predicted octanol–water partition coefficient (Wildman–Crippen LogP) is 3.66. The van der Waals surface area contributed by atoms with Gasteiger partial charge in [0.05, 0.1) is 0 Å². The van der Waals surface area contributed by atoms with Gasteiger partial charge in [0.25, 0.3) is 0 Å². The molecule has 3 heteroatoms. The van der Waals surface area contributed by atoms with Crippen LogP contribution >= 0.6 is 0 Å². The van der Waals surface area contributed by atoms with Crippen molar-refractivity contribution in [3.8, 4) is 5.69 Å². The lowest BCUT2D eigenvalue weighted by Crippen LogP contribution is -2.42. The van der Waals surface area contributed by atoms with Crippen molar-refractivity contribution in [2.75, 3.05) is 33.7 Å². The number of hydrogen-bond donors (Lipinski definition) is 0. The standard InChI is InChI=1S/C21H31N3/c1-17-16-19(18(2)24(17)21-8-6-5-7-9-21)10-13-23-14-11-20(12-15-23)22(3)4/h5-9,16,20H,10-15H2,1-4H3. The number of hydrogen-bond acceptors (Lipinski definition) is 2. The van der Waals surface area contributed by atoms with Crippen LogP contribution in [0, 0.1) is 13.8 Å². The summed E-state index contributed by atoms with van der Waals surface area (Å²) >= 11 is 0. The Morgan fingerprint density at radius 3 is 2.33 bits per heavy atom. The molecule has 0 amide bonds. The smallest absolute Gasteiger partial charge is 0.0455 e. The molecule has 24 heavy (non-hydrogen) atoms. The first-order chi connectivity index (χ1) is 11.6. The second-order valence-electron chi connectivity index (χ2n) is 7.35. The molecule has 0 unspecified atom stereocenters. The summed E-state index contributed by atoms with van der Waals surface area (Å²) < 4.78 is 2.38. The van der Waals surface area contributed by atoms with E-state index in [-0.39, 0.29) is 0 Å². The summed E-state index contributed by atoms with van der Waals surface area (Å²) in [4.78, 5) is 5.01. The van der Waals surface area contributed by atoms with E-state index in [1.807, 2.05) is 0 Å². The number of benzene rings is 1. The molecule has 1 saturated heterocycles. The van der Waals surface area contributed by atoms with E-state index in [4.69, 9.17) is 0 Å². The average Bonchev–Trinajstić information content (AvgIpc) is 2.88. The molecule has 2 aromatic rings. The van der Waals surface area contributed by atoms with Crippen LogP contribution in [-0.4, -0.2) is 54.1 Å². The van der Waals surface area contributed by atoms with Gasteiger partial charge in [0.1, 0.15) is 0 Å². The van der Waals surface area contributed by atoms with Crippen LogP contribution in [0.3, 0.4) is 0 Å². The first-order valence-electron chi connectivity index (χ1n) is 9.18. The minimum Gasteiger partial charge on any atom is -0.318 e. The Morgan fingerprint density at radius 1 is 1.04 bits per heavy atom. The molecular formula is C21H31N3. The third-order valence-electron chi connectivity index (χ3n) is 5.54. The quantitative estimate of drug-likeness (QED) is 0.831. The summed E-state index contributed by atoms with van der Waals surface area (Å²) in [7, 11) is 4.41. The highest BCUT2D eigenvalue weighted by Gasteiger charge is 2.20. The molecule has 0 saturated carbocycles. The monoisotopic (exact) mass is 325 g/mol. The highest BCUT2D eigenvalue weighted by atomic mass is 15.2. The van der Waals surface area contributed by atoms with Gasteiger partial charge in [-0.3, -0.25) is 0 Å². The summed E-state index contributed by atoms with van der Waals surface area (Å²) in [6.07, 6.45) is 3.76. The highest BCUT2D eigenvalue weighted by Crippen LogP contribution is 2.22. The van der Waals surface area contributed by atoms with Crippen molar-refractivity contribution in [3.05, 3.63) is 53.3 Å². The number of nitrogens with zero attached hydrogens (tertiary/aromatic N) is 3. The van der Waals surface area contributed by atoms with Crippen LogP contribution in [0.4, 0.5) is 0 Å². The van der Waals surface area contributed by atoms with Crippen molar-refractivity contribution in [1.29, 1.82) is 0 Å². The predicted molar refractivity (Wildman–Crippen MR) is 102 cm³/mol. The van der Waals surface area contributed by atoms with Crippen molar-refractivity contribution in [2.24, 2.45) is 0 Å². The summed E-state index contributed by atoms with van der Waals surface area (Å²) in [5.74, 6) is 0. The molecule has 0 aliphatic carbocycles. The Hall–Kier alpha value is -1.58. The zero-order chi connectivity index (χ0) is 17.1. The first-order valence-corrected chi connectivity index (χ1v) is 9.18. The van der Waals surface area contributed by atoms with Gasteiger partial charge >= 0.3 is 0 Å². The zero-order valence-electron chi connectivity index (χ0n) is 15.6. The number of piperidine rings is 1. The Balaban J connectivity index is 1.63. The Morgan fingerprint density at radius 2 is 1.71 bits per heavy atom. The van der Waals surface area contributed by atoms with Crippen molar-refractivity contribution in [1.82, 2.24) is 14.4 Å². The van der Waals surface area contributed by atoms with Crippen molar-refractivity contribution in [3.63, 3.8) is 0 Å². The molecule has 130 valence electrons. The number of rotatable bonds is 5. The summed E-state index contributed by atoms with van der Waals surface area (Å²) in [6.45, 7) is 8.12. The van der Waals surface area contributed by atoms with E-state index in [1.165, 1.54) is 55.1 Å². The SMILES string of the molecule is Cc1cc(CCN2CCC(N(C)C)CC2)c(C)n1-c1ccccc1. The fourth-order valence-corrected chi connectivity index (χ4v) is 3.99. The lowest BCUT2D eigenvalue weighted by atomic mass is 10.0. The minimum absolute atomic E-state index is 0.768. The molecule has 1 aliphatic rings. The third kappa shape index (κ3) is 3.73. The van der Waals surface area contributed by atoms with Gasteiger partial charge in [-0.2, -0.15) is 0 Å². The van der Waals surface area contributed by atoms with Gasteiger partial charge in [-0.1, -0.05) is 18.2 Å². The third-order valence-corrected chi connectivity index (χ3v) is 5.54. The van der Waals surface area contributed by atoms with Crippen LogP contribution in [0.25, 0.3) is 5.69 Å². The van der Waals surface area contributed by atoms with E-state index in [0.29, 0.717) is 0 Å². The largest absolute Gasteiger partial charge is 0.318 e. The molecule has 0 atom stereocenters. The second-order valence-corrected chi connectivity index (χ2v) is 7.35. The normalized spacial score (nSPS) is 16.9. The lowest BCUT2D eigenvalue weighted by Gasteiger charge is -2.35. The maximum absolute atomic E-state index is 2.63. The number of para-hydroxylation sites is 1. The summed E-state index contributed by atoms with van der Waals surface area (Å²) in [5.41, 5.74) is 5.48. The number of aromatic nitrogens is 1. The molecular weight excluding hydrogens is 294 g/mol. The van der Waals surface area contributed by atoms with Gasteiger partial charge in [0, 0.05) is 29.7 Å². The fraction of sp³-hybridized carbons (Fsp3) is 0.524. The maximum atomic E-state index is 2.63. The fourth-order valence-electron chi connectivity index (χ4n) is 3.99. The van der Waals surface area contributed by atoms with Gasteiger partial charge in [0.2, 0.25) is 0 Å². The molecule has 0 spiro atoms. The van der Waals surface area contributed by atoms with Crippen LogP contribution in [0.15, 0.2) is 36.4 Å². The van der Waals surface area contributed by atoms with Gasteiger partial charge in [-0.25, -0.2) is 0 Å². The number of likely N-dealkylation sites (tertiary alicyclic amines) is 1. The van der Waals surface area contributed by atoms with Crippen LogP contribution in [0.2, 0.25) is 0 Å². The zero-order valence-corrected chi connectivity index (χ0v) is 15.6. The lowest BCUT2D eigenvalue weighted by molar-refractivity contribution is 0.146. The topological polar surface area (TPSA) is 11.4 Å². The molecule has 0 N–H and O–H groups in total. The second kappa shape index (κ2) is 7.54. The van der Waals surface area contributed by atoms with E-state index >= 15 is 0 Å².